The molecule has 0 aromatic heterocycles. The van der Waals surface area contributed by atoms with Crippen molar-refractivity contribution >= 4 is 5.97 Å². The minimum Gasteiger partial charge on any atom is -1.00 e. The molecule has 0 amide bonds. The summed E-state index contributed by atoms with van der Waals surface area (Å²) in [4.78, 5) is 9.14. The molecule has 5 heteroatoms. The van der Waals surface area contributed by atoms with Gasteiger partial charge in [-0.05, 0) is 19.9 Å². The van der Waals surface area contributed by atoms with E-state index in [-0.39, 0.29) is 12.4 Å². The fourth-order valence-corrected chi connectivity index (χ4v) is 0. The predicted octanol–water partition coefficient (Wildman–Crippen LogP) is -2.65. The third-order valence-electron chi connectivity index (χ3n) is 2.06. The van der Waals surface area contributed by atoms with Crippen LogP contribution in [0.25, 0.3) is 0 Å². The van der Waals surface area contributed by atoms with Crippen LogP contribution in [-0.2, 0) is 4.79 Å². The van der Waals surface area contributed by atoms with Gasteiger partial charge in [-0.1, -0.05) is 6.58 Å². The first kappa shape index (κ1) is 26.1. The molecule has 0 radical (unpaired) electrons. The maximum Gasteiger partial charge on any atom is 0.0751 e. The number of aliphatic carboxylic acids is 1. The van der Waals surface area contributed by atoms with E-state index >= 15 is 0 Å². The maximum absolute atomic E-state index is 9.14. The van der Waals surface area contributed by atoms with E-state index in [2.05, 4.69) is 62.7 Å². The van der Waals surface area contributed by atoms with Crippen molar-refractivity contribution in [3.63, 3.8) is 0 Å². The van der Waals surface area contributed by atoms with Gasteiger partial charge < -0.3 is 31.3 Å². The molecule has 0 N–H and O–H groups in total. The van der Waals surface area contributed by atoms with Crippen LogP contribution in [0.5, 0.6) is 0 Å². The number of rotatable bonds is 3. The molecule has 0 bridgehead atoms. The van der Waals surface area contributed by atoms with Crippen molar-refractivity contribution in [3.8, 4) is 0 Å². The van der Waals surface area contributed by atoms with E-state index in [1.807, 2.05) is 0 Å². The lowest BCUT2D eigenvalue weighted by Gasteiger charge is -2.20. The summed E-state index contributed by atoms with van der Waals surface area (Å²) >= 11 is 0. The lowest BCUT2D eigenvalue weighted by molar-refractivity contribution is -0.868. The van der Waals surface area contributed by atoms with Gasteiger partial charge in [0.25, 0.3) is 0 Å². The Morgan fingerprint density at radius 2 is 1.11 bits per heavy atom. The van der Waals surface area contributed by atoms with Crippen molar-refractivity contribution in [2.24, 2.45) is 0 Å². The molecule has 0 aromatic rings. The normalized spacial score (nSPS) is 9.78. The highest BCUT2D eigenvalue weighted by atomic mass is 35.5. The fourth-order valence-electron chi connectivity index (χ4n) is 0. The summed E-state index contributed by atoms with van der Waals surface area (Å²) < 4.78 is 2.14. The molecule has 0 aliphatic heterocycles. The second-order valence-electron chi connectivity index (χ2n) is 5.74. The zero-order chi connectivity index (χ0) is 14.7. The van der Waals surface area contributed by atoms with Gasteiger partial charge in [0.15, 0.2) is 0 Å². The number of halogens is 1. The number of carbonyl (C=O) groups excluding carboxylic acids is 1. The standard InChI is InChI=1S/2C5H14N.C3H4O2.ClH/c2*1-5-6(2,3)4;1-2-3(4)5;/h2*5H2,1-4H3;2H,1H2,(H,4,5);1H/q2*+1;;/p-2. The van der Waals surface area contributed by atoms with Crippen LogP contribution in [0.4, 0.5) is 0 Å². The lowest BCUT2D eigenvalue weighted by Crippen LogP contribution is -3.00. The van der Waals surface area contributed by atoms with Gasteiger partial charge in [-0.2, -0.15) is 0 Å². The van der Waals surface area contributed by atoms with Crippen molar-refractivity contribution in [3.05, 3.63) is 12.7 Å². The predicted molar refractivity (Wildman–Crippen MR) is 72.4 cm³/mol. The molecule has 0 fully saturated rings. The molecular weight excluding hydrogens is 252 g/mol. The van der Waals surface area contributed by atoms with Crippen LogP contribution >= 0.6 is 0 Å². The molecule has 18 heavy (non-hydrogen) atoms. The van der Waals surface area contributed by atoms with E-state index in [0.717, 1.165) is 15.0 Å². The first-order valence-electron chi connectivity index (χ1n) is 5.84. The highest BCUT2D eigenvalue weighted by molar-refractivity contribution is 5.76. The van der Waals surface area contributed by atoms with Crippen LogP contribution in [0.2, 0.25) is 0 Å². The molecule has 0 saturated heterocycles. The highest BCUT2D eigenvalue weighted by Gasteiger charge is 1.98. The first-order chi connectivity index (χ1) is 7.39. The highest BCUT2D eigenvalue weighted by Crippen LogP contribution is 1.84. The second-order valence-corrected chi connectivity index (χ2v) is 5.74. The van der Waals surface area contributed by atoms with E-state index in [1.165, 1.54) is 13.1 Å². The molecule has 0 rings (SSSR count). The quantitative estimate of drug-likeness (QED) is 0.419. The van der Waals surface area contributed by atoms with Crippen molar-refractivity contribution < 1.29 is 31.3 Å². The lowest BCUT2D eigenvalue weighted by atomic mass is 10.6. The van der Waals surface area contributed by atoms with Crippen LogP contribution in [-0.4, -0.2) is 70.3 Å². The van der Waals surface area contributed by atoms with Crippen molar-refractivity contribution in [1.82, 2.24) is 0 Å². The van der Waals surface area contributed by atoms with Gasteiger partial charge in [-0.25, -0.2) is 0 Å². The van der Waals surface area contributed by atoms with E-state index < -0.39 is 5.97 Å². The molecule has 112 valence electrons. The molecule has 0 atom stereocenters. The van der Waals surface area contributed by atoms with Gasteiger partial charge in [-0.15, -0.1) is 0 Å². The Morgan fingerprint density at radius 1 is 1.00 bits per heavy atom. The summed E-state index contributed by atoms with van der Waals surface area (Å²) in [6.07, 6.45) is 0.722. The van der Waals surface area contributed by atoms with Crippen LogP contribution < -0.4 is 17.5 Å². The Bertz CT molecular complexity index is 192. The van der Waals surface area contributed by atoms with E-state index in [1.54, 1.807) is 0 Å². The SMILES string of the molecule is C=CC(=O)[O-].CC[N+](C)(C)C.CC[N+](C)(C)C.[Cl-]. The van der Waals surface area contributed by atoms with E-state index in [0.29, 0.717) is 0 Å². The fraction of sp³-hybridized carbons (Fsp3) is 0.769. The van der Waals surface area contributed by atoms with E-state index in [4.69, 9.17) is 9.90 Å². The second kappa shape index (κ2) is 12.9. The van der Waals surface area contributed by atoms with Crippen LogP contribution in [0.1, 0.15) is 13.8 Å². The van der Waals surface area contributed by atoms with Crippen LogP contribution in [0.3, 0.4) is 0 Å². The summed E-state index contributed by atoms with van der Waals surface area (Å²) in [6.45, 7) is 9.68. The number of nitrogens with zero attached hydrogens (tertiary/aromatic N) is 2. The van der Waals surface area contributed by atoms with Crippen molar-refractivity contribution in [1.29, 1.82) is 0 Å². The molecule has 0 unspecified atom stereocenters. The maximum atomic E-state index is 9.14. The summed E-state index contributed by atoms with van der Waals surface area (Å²) in [5.41, 5.74) is 0. The number of hydrogen-bond donors (Lipinski definition) is 0. The molecule has 0 spiro atoms. The monoisotopic (exact) mass is 282 g/mol. The van der Waals surface area contributed by atoms with Crippen LogP contribution in [0.15, 0.2) is 12.7 Å². The van der Waals surface area contributed by atoms with Gasteiger partial charge in [0.1, 0.15) is 0 Å². The number of carboxylic acids is 1. The summed E-state index contributed by atoms with van der Waals surface area (Å²) in [7, 11) is 13.1. The zero-order valence-electron chi connectivity index (χ0n) is 13.3. The smallest absolute Gasteiger partial charge is 0.0751 e. The number of hydrogen-bond acceptors (Lipinski definition) is 2. The average Bonchev–Trinajstić information content (AvgIpc) is 2.17. The third kappa shape index (κ3) is 58.2. The van der Waals surface area contributed by atoms with Crippen molar-refractivity contribution in [2.75, 3.05) is 55.4 Å². The summed E-state index contributed by atoms with van der Waals surface area (Å²) in [6, 6.07) is 0. The largest absolute Gasteiger partial charge is 1.00 e. The van der Waals surface area contributed by atoms with Gasteiger partial charge >= 0.3 is 0 Å². The first-order valence-corrected chi connectivity index (χ1v) is 5.84. The Kier molecular flexibility index (Phi) is 18.6. The van der Waals surface area contributed by atoms with Crippen molar-refractivity contribution in [2.45, 2.75) is 13.8 Å². The molecule has 0 heterocycles. The van der Waals surface area contributed by atoms with Gasteiger partial charge in [0, 0.05) is 0 Å². The minimum absolute atomic E-state index is 0. The number of quaternary nitrogens is 2. The van der Waals surface area contributed by atoms with Gasteiger partial charge in [-0.3, -0.25) is 0 Å². The van der Waals surface area contributed by atoms with Gasteiger partial charge in [0.05, 0.1) is 61.3 Å². The molecule has 4 nitrogen and oxygen atoms in total. The third-order valence-corrected chi connectivity index (χ3v) is 2.06. The Labute approximate surface area is 119 Å². The Balaban J connectivity index is -0.0000000799. The Morgan fingerprint density at radius 3 is 1.11 bits per heavy atom. The molecule has 0 aliphatic carbocycles. The number of carboxylic acid groups (broad SMARTS) is 1. The zero-order valence-corrected chi connectivity index (χ0v) is 14.0. The average molecular weight is 283 g/mol. The molecule has 0 saturated carbocycles. The summed E-state index contributed by atoms with van der Waals surface area (Å²) in [5.74, 6) is -1.23. The Hall–Kier alpha value is -0.580. The molecule has 0 aliphatic rings. The van der Waals surface area contributed by atoms with E-state index in [9.17, 15) is 0 Å². The van der Waals surface area contributed by atoms with Gasteiger partial charge in [0.2, 0.25) is 0 Å². The topological polar surface area (TPSA) is 40.1 Å². The molecule has 0 aromatic carbocycles. The van der Waals surface area contributed by atoms with Crippen LogP contribution in [0, 0.1) is 0 Å². The molecular formula is C13H31ClN2O2. The number of carbonyl (C=O) groups is 1. The summed E-state index contributed by atoms with van der Waals surface area (Å²) in [5, 5.41) is 9.14. The minimum atomic E-state index is -1.23.